The maximum Gasteiger partial charge on any atom is 0.472 e. The van der Waals surface area contributed by atoms with Crippen LogP contribution >= 0.6 is 7.82 Å². The third kappa shape index (κ3) is 26.3. The molecule has 2 rings (SSSR count). The quantitative estimate of drug-likeness (QED) is 0.0112. The van der Waals surface area contributed by atoms with Gasteiger partial charge in [-0.1, -0.05) is 141 Å². The molecule has 0 spiro atoms. The van der Waals surface area contributed by atoms with Gasteiger partial charge in [-0.05, 0) is 64.2 Å². The molecule has 2 fully saturated rings. The Bertz CT molecular complexity index is 1250. The van der Waals surface area contributed by atoms with Crippen LogP contribution in [-0.2, 0) is 37.4 Å². The molecule has 1 aliphatic heterocycles. The summed E-state index contributed by atoms with van der Waals surface area (Å²) in [6.45, 7) is 3.25. The number of aliphatic hydroxyl groups excluding tert-OH is 5. The van der Waals surface area contributed by atoms with Crippen LogP contribution in [0.25, 0.3) is 0 Å². The highest BCUT2D eigenvalue weighted by atomic mass is 31.2. The molecule has 1 saturated carbocycles. The summed E-state index contributed by atoms with van der Waals surface area (Å²) < 4.78 is 39.4. The maximum absolute atomic E-state index is 12.8. The summed E-state index contributed by atoms with van der Waals surface area (Å²) in [5.74, 6) is -1.12. The first-order valence-corrected chi connectivity index (χ1v) is 25.8. The molecular weight excluding hydrogens is 819 g/mol. The van der Waals surface area contributed by atoms with Crippen molar-refractivity contribution in [2.75, 3.05) is 13.2 Å². The smallest absolute Gasteiger partial charge is 0.462 e. The van der Waals surface area contributed by atoms with Gasteiger partial charge in [0.2, 0.25) is 0 Å². The molecule has 10 atom stereocenters. The van der Waals surface area contributed by atoms with Crippen molar-refractivity contribution in [1.29, 1.82) is 0 Å². The summed E-state index contributed by atoms with van der Waals surface area (Å²) in [7, 11) is -5.13. The number of hydrogen-bond acceptors (Lipinski definition) is 13. The van der Waals surface area contributed by atoms with Crippen LogP contribution in [0.15, 0.2) is 24.3 Å². The molecule has 1 heterocycles. The highest BCUT2D eigenvalue weighted by Gasteiger charge is 2.51. The van der Waals surface area contributed by atoms with Crippen LogP contribution in [0.1, 0.15) is 194 Å². The van der Waals surface area contributed by atoms with Crippen LogP contribution in [0.5, 0.6) is 0 Å². The van der Waals surface area contributed by atoms with Crippen molar-refractivity contribution in [3.63, 3.8) is 0 Å². The Hall–Kier alpha value is -1.71. The molecule has 362 valence electrons. The third-order valence-electron chi connectivity index (χ3n) is 11.7. The zero-order valence-electron chi connectivity index (χ0n) is 38.1. The predicted octanol–water partition coefficient (Wildman–Crippen LogP) is 8.60. The van der Waals surface area contributed by atoms with E-state index in [-0.39, 0.29) is 12.8 Å². The van der Waals surface area contributed by atoms with E-state index in [1.54, 1.807) is 0 Å². The van der Waals surface area contributed by atoms with Gasteiger partial charge in [0.05, 0.1) is 18.8 Å². The summed E-state index contributed by atoms with van der Waals surface area (Å²) in [5.41, 5.74) is 0. The second-order valence-electron chi connectivity index (χ2n) is 17.3. The van der Waals surface area contributed by atoms with Crippen molar-refractivity contribution < 1.29 is 67.8 Å². The van der Waals surface area contributed by atoms with Crippen LogP contribution < -0.4 is 0 Å². The van der Waals surface area contributed by atoms with Gasteiger partial charge in [-0.2, -0.15) is 0 Å². The van der Waals surface area contributed by atoms with E-state index >= 15 is 0 Å². The summed E-state index contributed by atoms with van der Waals surface area (Å²) in [5, 5.41) is 50.2. The molecule has 0 radical (unpaired) electrons. The van der Waals surface area contributed by atoms with Crippen molar-refractivity contribution in [2.24, 2.45) is 0 Å². The number of phosphoric acid groups is 1. The average Bonchev–Trinajstić information content (AvgIpc) is 4.01. The summed E-state index contributed by atoms with van der Waals surface area (Å²) >= 11 is 0. The molecule has 0 aromatic rings. The number of esters is 2. The number of aliphatic hydroxyl groups is 5. The van der Waals surface area contributed by atoms with E-state index in [0.717, 1.165) is 77.0 Å². The third-order valence-corrected chi connectivity index (χ3v) is 12.7. The Kier molecular flexibility index (Phi) is 31.5. The lowest BCUT2D eigenvalue weighted by Crippen LogP contribution is -2.64. The fraction of sp³-hybridized carbons (Fsp3) is 0.872. The molecule has 15 heteroatoms. The van der Waals surface area contributed by atoms with Crippen LogP contribution in [0.3, 0.4) is 0 Å². The van der Waals surface area contributed by atoms with Gasteiger partial charge in [-0.15, -0.1) is 0 Å². The minimum Gasteiger partial charge on any atom is -0.462 e. The van der Waals surface area contributed by atoms with Gasteiger partial charge in [0.1, 0.15) is 43.2 Å². The number of phosphoric ester groups is 1. The lowest BCUT2D eigenvalue weighted by molar-refractivity contribution is -0.220. The molecule has 2 aliphatic rings. The minimum absolute atomic E-state index is 0.0741. The Morgan fingerprint density at radius 1 is 0.565 bits per heavy atom. The van der Waals surface area contributed by atoms with Crippen molar-refractivity contribution in [2.45, 2.75) is 249 Å². The van der Waals surface area contributed by atoms with Gasteiger partial charge in [-0.25, -0.2) is 4.57 Å². The van der Waals surface area contributed by atoms with Gasteiger partial charge >= 0.3 is 19.8 Å². The molecule has 5 unspecified atom stereocenters. The summed E-state index contributed by atoms with van der Waals surface area (Å²) in [6.07, 6.45) is 25.3. The Morgan fingerprint density at radius 3 is 1.60 bits per heavy atom. The topological polar surface area (TPSA) is 222 Å². The molecule has 0 aromatic heterocycles. The van der Waals surface area contributed by atoms with Gasteiger partial charge in [0.15, 0.2) is 6.10 Å². The van der Waals surface area contributed by atoms with Crippen LogP contribution in [0.4, 0.5) is 0 Å². The van der Waals surface area contributed by atoms with E-state index in [9.17, 15) is 44.6 Å². The first-order chi connectivity index (χ1) is 29.9. The van der Waals surface area contributed by atoms with Gasteiger partial charge in [0.25, 0.3) is 0 Å². The summed E-state index contributed by atoms with van der Waals surface area (Å²) in [4.78, 5) is 35.8. The molecule has 0 amide bonds. The number of epoxide rings is 1. The first kappa shape index (κ1) is 56.4. The zero-order valence-corrected chi connectivity index (χ0v) is 39.0. The van der Waals surface area contributed by atoms with E-state index in [1.807, 2.05) is 0 Å². The van der Waals surface area contributed by atoms with Crippen LogP contribution in [0, 0.1) is 0 Å². The van der Waals surface area contributed by atoms with Gasteiger partial charge < -0.3 is 44.6 Å². The van der Waals surface area contributed by atoms with Gasteiger partial charge in [-0.3, -0.25) is 18.6 Å². The average molecular weight is 905 g/mol. The Balaban J connectivity index is 1.69. The highest BCUT2D eigenvalue weighted by Crippen LogP contribution is 2.47. The van der Waals surface area contributed by atoms with Crippen LogP contribution in [0.2, 0.25) is 0 Å². The molecule has 14 nitrogen and oxygen atoms in total. The fourth-order valence-corrected chi connectivity index (χ4v) is 8.61. The van der Waals surface area contributed by atoms with E-state index in [2.05, 4.69) is 38.2 Å². The van der Waals surface area contributed by atoms with E-state index in [4.69, 9.17) is 23.3 Å². The number of rotatable bonds is 39. The Labute approximate surface area is 372 Å². The minimum atomic E-state index is -5.13. The number of carbonyl (C=O) groups excluding carboxylic acids is 2. The van der Waals surface area contributed by atoms with Crippen molar-refractivity contribution >= 4 is 19.8 Å². The normalized spacial score (nSPS) is 25.3. The Morgan fingerprint density at radius 2 is 1.02 bits per heavy atom. The maximum atomic E-state index is 12.8. The van der Waals surface area contributed by atoms with Crippen LogP contribution in [-0.4, -0.2) is 111 Å². The SMILES string of the molecule is CCCCC/C=C\CC1OC1CCCCCCCC(=O)O[C@H](COC(=O)CCCCCCCCC/C=C\CCCCCCCC)COP(=O)(O)OC1[C@H](O)[C@H](O)C(O)[C@H](O)[C@H]1O. The van der Waals surface area contributed by atoms with E-state index in [1.165, 1.54) is 77.0 Å². The molecule has 1 aliphatic carbocycles. The molecule has 1 saturated heterocycles. The lowest BCUT2D eigenvalue weighted by atomic mass is 9.85. The highest BCUT2D eigenvalue weighted by molar-refractivity contribution is 7.47. The molecular formula is C47H85O14P. The number of hydrogen-bond donors (Lipinski definition) is 6. The fourth-order valence-electron chi connectivity index (χ4n) is 7.64. The number of ether oxygens (including phenoxy) is 3. The zero-order chi connectivity index (χ0) is 45.4. The van der Waals surface area contributed by atoms with Crippen molar-refractivity contribution in [1.82, 2.24) is 0 Å². The second kappa shape index (κ2) is 34.6. The molecule has 0 aromatic carbocycles. The molecule has 0 bridgehead atoms. The standard InChI is InChI=1S/C47H85O14P/c1-3-5-7-9-11-12-13-14-15-16-17-18-19-20-21-25-29-33-40(48)57-35-37(36-58-62(55,56)61-47-45(53)43(51)42(50)44(52)46(47)54)59-41(49)34-30-26-22-24-28-32-39-38(60-39)31-27-23-10-8-6-4-2/h14-15,23,27,37-39,42-47,50-54H,3-13,16-22,24-26,28-36H2,1-2H3,(H,55,56)/b15-14-,27-23-/t37-,38?,39?,42?,43-,44+,45-,46-,47?/m1/s1. The number of unbranched alkanes of at least 4 members (excludes halogenated alkanes) is 20. The predicted molar refractivity (Wildman–Crippen MR) is 239 cm³/mol. The molecule has 62 heavy (non-hydrogen) atoms. The van der Waals surface area contributed by atoms with E-state index < -0.39 is 75.7 Å². The second-order valence-corrected chi connectivity index (χ2v) is 18.8. The number of allylic oxidation sites excluding steroid dienone is 3. The lowest BCUT2D eigenvalue weighted by Gasteiger charge is -2.41. The van der Waals surface area contributed by atoms with Gasteiger partial charge in [0, 0.05) is 12.8 Å². The van der Waals surface area contributed by atoms with E-state index in [0.29, 0.717) is 25.0 Å². The number of carbonyl (C=O) groups is 2. The first-order valence-electron chi connectivity index (χ1n) is 24.3. The molecule has 6 N–H and O–H groups in total. The largest absolute Gasteiger partial charge is 0.472 e. The monoisotopic (exact) mass is 905 g/mol. The summed E-state index contributed by atoms with van der Waals surface area (Å²) in [6, 6.07) is 0. The van der Waals surface area contributed by atoms with Crippen molar-refractivity contribution in [3.05, 3.63) is 24.3 Å². The van der Waals surface area contributed by atoms with Crippen molar-refractivity contribution in [3.8, 4) is 0 Å².